The van der Waals surface area contributed by atoms with Gasteiger partial charge in [-0.15, -0.1) is 0 Å². The summed E-state index contributed by atoms with van der Waals surface area (Å²) in [6.07, 6.45) is 2.43. The summed E-state index contributed by atoms with van der Waals surface area (Å²) in [6.45, 7) is 7.63. The van der Waals surface area contributed by atoms with Crippen molar-refractivity contribution in [2.24, 2.45) is 5.41 Å². The van der Waals surface area contributed by atoms with Crippen LogP contribution in [0, 0.1) is 5.41 Å². The number of halogens is 1. The summed E-state index contributed by atoms with van der Waals surface area (Å²) in [4.78, 5) is 2.39. The van der Waals surface area contributed by atoms with Crippen molar-refractivity contribution < 1.29 is 5.11 Å². The van der Waals surface area contributed by atoms with E-state index in [-0.39, 0.29) is 5.75 Å². The number of phenolic OH excluding ortho intramolecular Hbond substituents is 1. The molecule has 2 nitrogen and oxygen atoms in total. The van der Waals surface area contributed by atoms with E-state index in [0.29, 0.717) is 10.4 Å². The zero-order valence-corrected chi connectivity index (χ0v) is 11.3. The van der Waals surface area contributed by atoms with Gasteiger partial charge in [-0.3, -0.25) is 4.90 Å². The third kappa shape index (κ3) is 3.14. The zero-order chi connectivity index (χ0) is 12.5. The van der Waals surface area contributed by atoms with E-state index < -0.39 is 0 Å². The van der Waals surface area contributed by atoms with Crippen molar-refractivity contribution in [1.82, 2.24) is 4.90 Å². The van der Waals surface area contributed by atoms with Crippen LogP contribution in [0.1, 0.15) is 32.3 Å². The third-order valence-electron chi connectivity index (χ3n) is 3.67. The van der Waals surface area contributed by atoms with Gasteiger partial charge < -0.3 is 5.11 Å². The second-order valence-corrected chi connectivity index (χ2v) is 6.10. The largest absolute Gasteiger partial charge is 0.506 e. The van der Waals surface area contributed by atoms with E-state index in [4.69, 9.17) is 11.6 Å². The molecule has 0 unspecified atom stereocenters. The summed E-state index contributed by atoms with van der Waals surface area (Å²) in [7, 11) is 0. The molecule has 1 heterocycles. The number of hydrogen-bond donors (Lipinski definition) is 1. The van der Waals surface area contributed by atoms with Gasteiger partial charge in [-0.05, 0) is 37.4 Å². The Balaban J connectivity index is 2.00. The summed E-state index contributed by atoms with van der Waals surface area (Å²) in [5, 5.41) is 10.3. The molecule has 2 rings (SSSR count). The fourth-order valence-electron chi connectivity index (χ4n) is 2.24. The van der Waals surface area contributed by atoms with Crippen LogP contribution in [0.4, 0.5) is 0 Å². The van der Waals surface area contributed by atoms with E-state index in [0.717, 1.165) is 25.2 Å². The van der Waals surface area contributed by atoms with E-state index in [1.165, 1.54) is 12.8 Å². The highest BCUT2D eigenvalue weighted by Gasteiger charge is 2.25. The normalized spacial score (nSPS) is 20.4. The molecule has 94 valence electrons. The predicted molar refractivity (Wildman–Crippen MR) is 71.4 cm³/mol. The van der Waals surface area contributed by atoms with Crippen LogP contribution in [0.3, 0.4) is 0 Å². The molecule has 0 spiro atoms. The van der Waals surface area contributed by atoms with Gasteiger partial charge in [0.05, 0.1) is 5.02 Å². The Labute approximate surface area is 108 Å². The maximum atomic E-state index is 9.87. The molecule has 17 heavy (non-hydrogen) atoms. The molecule has 0 bridgehead atoms. The van der Waals surface area contributed by atoms with Crippen LogP contribution in [0.5, 0.6) is 5.75 Å². The average molecular weight is 254 g/mol. The summed E-state index contributed by atoms with van der Waals surface area (Å²) in [5.41, 5.74) is 1.39. The molecule has 0 aromatic heterocycles. The maximum Gasteiger partial charge on any atom is 0.138 e. The number of nitrogens with zero attached hydrogens (tertiary/aromatic N) is 1. The number of para-hydroxylation sites is 1. The SMILES string of the molecule is CC1(C)CCN(Cc2cccc(Cl)c2O)CC1. The first-order chi connectivity index (χ1) is 7.98. The van der Waals surface area contributed by atoms with Crippen LogP contribution in [-0.4, -0.2) is 23.1 Å². The highest BCUT2D eigenvalue weighted by Crippen LogP contribution is 2.32. The number of rotatable bonds is 2. The lowest BCUT2D eigenvalue weighted by Crippen LogP contribution is -2.36. The standard InChI is InChI=1S/C14H20ClNO/c1-14(2)6-8-16(9-7-14)10-11-4-3-5-12(15)13(11)17/h3-5,17H,6-10H2,1-2H3. The Morgan fingerprint density at radius 2 is 1.94 bits per heavy atom. The molecule has 0 atom stereocenters. The molecule has 1 saturated heterocycles. The molecule has 3 heteroatoms. The highest BCUT2D eigenvalue weighted by molar-refractivity contribution is 6.32. The van der Waals surface area contributed by atoms with Crippen molar-refractivity contribution in [3.63, 3.8) is 0 Å². The van der Waals surface area contributed by atoms with Gasteiger partial charge in [0.2, 0.25) is 0 Å². The van der Waals surface area contributed by atoms with Crippen LogP contribution < -0.4 is 0 Å². The number of hydrogen-bond acceptors (Lipinski definition) is 2. The minimum atomic E-state index is 0.235. The Kier molecular flexibility index (Phi) is 3.64. The fourth-order valence-corrected chi connectivity index (χ4v) is 2.44. The summed E-state index contributed by atoms with van der Waals surface area (Å²) in [6, 6.07) is 5.56. The maximum absolute atomic E-state index is 9.87. The van der Waals surface area contributed by atoms with Gasteiger partial charge in [0.1, 0.15) is 5.75 Å². The van der Waals surface area contributed by atoms with Gasteiger partial charge >= 0.3 is 0 Å². The number of phenols is 1. The van der Waals surface area contributed by atoms with Gasteiger partial charge in [0.25, 0.3) is 0 Å². The van der Waals surface area contributed by atoms with Crippen LogP contribution in [-0.2, 0) is 6.54 Å². The molecular formula is C14H20ClNO. The smallest absolute Gasteiger partial charge is 0.138 e. The lowest BCUT2D eigenvalue weighted by Gasteiger charge is -2.37. The topological polar surface area (TPSA) is 23.5 Å². The zero-order valence-electron chi connectivity index (χ0n) is 10.5. The monoisotopic (exact) mass is 253 g/mol. The summed E-state index contributed by atoms with van der Waals surface area (Å²) < 4.78 is 0. The van der Waals surface area contributed by atoms with Crippen molar-refractivity contribution in [2.75, 3.05) is 13.1 Å². The predicted octanol–water partition coefficient (Wildman–Crippen LogP) is 3.67. The minimum Gasteiger partial charge on any atom is -0.506 e. The van der Waals surface area contributed by atoms with Crippen molar-refractivity contribution in [3.8, 4) is 5.75 Å². The third-order valence-corrected chi connectivity index (χ3v) is 3.98. The second-order valence-electron chi connectivity index (χ2n) is 5.69. The number of likely N-dealkylation sites (tertiary alicyclic amines) is 1. The van der Waals surface area contributed by atoms with Gasteiger partial charge in [0.15, 0.2) is 0 Å². The molecule has 1 aromatic carbocycles. The quantitative estimate of drug-likeness (QED) is 0.869. The fraction of sp³-hybridized carbons (Fsp3) is 0.571. The molecule has 1 aliphatic heterocycles. The van der Waals surface area contributed by atoms with E-state index in [9.17, 15) is 5.11 Å². The van der Waals surface area contributed by atoms with Gasteiger partial charge in [0, 0.05) is 12.1 Å². The number of benzene rings is 1. The van der Waals surface area contributed by atoms with Gasteiger partial charge in [-0.25, -0.2) is 0 Å². The number of aromatic hydroxyl groups is 1. The highest BCUT2D eigenvalue weighted by atomic mass is 35.5. The first kappa shape index (κ1) is 12.7. The Hall–Kier alpha value is -0.730. The van der Waals surface area contributed by atoms with E-state index in [1.54, 1.807) is 6.07 Å². The minimum absolute atomic E-state index is 0.235. The summed E-state index contributed by atoms with van der Waals surface area (Å²) >= 11 is 5.91. The Morgan fingerprint density at radius 1 is 1.29 bits per heavy atom. The molecule has 1 aromatic rings. The molecule has 1 N–H and O–H groups in total. The van der Waals surface area contributed by atoms with Crippen molar-refractivity contribution in [1.29, 1.82) is 0 Å². The van der Waals surface area contributed by atoms with E-state index in [2.05, 4.69) is 18.7 Å². The van der Waals surface area contributed by atoms with Crippen molar-refractivity contribution in [2.45, 2.75) is 33.2 Å². The average Bonchev–Trinajstić information content (AvgIpc) is 2.27. The Morgan fingerprint density at radius 3 is 2.59 bits per heavy atom. The van der Waals surface area contributed by atoms with Crippen LogP contribution in [0.15, 0.2) is 18.2 Å². The lowest BCUT2D eigenvalue weighted by atomic mass is 9.82. The van der Waals surface area contributed by atoms with Crippen LogP contribution >= 0.6 is 11.6 Å². The summed E-state index contributed by atoms with van der Waals surface area (Å²) in [5.74, 6) is 0.235. The van der Waals surface area contributed by atoms with Crippen LogP contribution in [0.25, 0.3) is 0 Å². The van der Waals surface area contributed by atoms with Crippen molar-refractivity contribution in [3.05, 3.63) is 28.8 Å². The first-order valence-corrected chi connectivity index (χ1v) is 6.54. The Bertz CT molecular complexity index is 393. The first-order valence-electron chi connectivity index (χ1n) is 6.17. The molecular weight excluding hydrogens is 234 g/mol. The second kappa shape index (κ2) is 4.87. The van der Waals surface area contributed by atoms with Gasteiger partial charge in [-0.2, -0.15) is 0 Å². The van der Waals surface area contributed by atoms with Crippen LogP contribution in [0.2, 0.25) is 5.02 Å². The van der Waals surface area contributed by atoms with Crippen molar-refractivity contribution >= 4 is 11.6 Å². The molecule has 1 fully saturated rings. The van der Waals surface area contributed by atoms with E-state index >= 15 is 0 Å². The van der Waals surface area contributed by atoms with E-state index in [1.807, 2.05) is 12.1 Å². The number of piperidine rings is 1. The molecule has 0 saturated carbocycles. The molecule has 0 amide bonds. The van der Waals surface area contributed by atoms with Gasteiger partial charge in [-0.1, -0.05) is 37.6 Å². The molecule has 0 radical (unpaired) electrons. The molecule has 0 aliphatic carbocycles. The lowest BCUT2D eigenvalue weighted by molar-refractivity contribution is 0.126. The molecule has 1 aliphatic rings.